The molecule has 0 spiro atoms. The van der Waals surface area contributed by atoms with Crippen LogP contribution in [-0.4, -0.2) is 42.0 Å². The number of esters is 2. The molecule has 0 aromatic heterocycles. The molecule has 0 aliphatic heterocycles. The minimum absolute atomic E-state index is 0.127. The van der Waals surface area contributed by atoms with Gasteiger partial charge >= 0.3 is 11.9 Å². The molecule has 0 fully saturated rings. The number of benzene rings is 8. The van der Waals surface area contributed by atoms with E-state index in [4.69, 9.17) is 9.47 Å². The van der Waals surface area contributed by atoms with Crippen LogP contribution < -0.4 is 10.6 Å². The first kappa shape index (κ1) is 50.1. The van der Waals surface area contributed by atoms with Crippen molar-refractivity contribution in [1.29, 1.82) is 0 Å². The highest BCUT2D eigenvalue weighted by atomic mass is 16.5. The van der Waals surface area contributed by atoms with Crippen LogP contribution in [-0.2, 0) is 48.1 Å². The third kappa shape index (κ3) is 12.5. The molecule has 0 amide bonds. The largest absolute Gasteiger partial charge is 0.460 e. The lowest BCUT2D eigenvalue weighted by Gasteiger charge is -2.38. The second-order valence-electron chi connectivity index (χ2n) is 17.2. The summed E-state index contributed by atoms with van der Waals surface area (Å²) < 4.78 is 11.1. The second-order valence-corrected chi connectivity index (χ2v) is 17.2. The predicted molar refractivity (Wildman–Crippen MR) is 276 cm³/mol. The van der Waals surface area contributed by atoms with E-state index in [1.54, 1.807) is 6.92 Å². The maximum Gasteiger partial charge on any atom is 0.318 e. The van der Waals surface area contributed by atoms with Gasteiger partial charge in [-0.2, -0.15) is 0 Å². The number of aliphatic hydroxyl groups is 1. The number of hydrogen-bond acceptors (Lipinski definition) is 8. The average Bonchev–Trinajstić information content (AvgIpc) is 3.42. The third-order valence-corrected chi connectivity index (χ3v) is 12.5. The Kier molecular flexibility index (Phi) is 17.9. The van der Waals surface area contributed by atoms with Crippen molar-refractivity contribution in [2.75, 3.05) is 13.1 Å². The number of carbonyl (C=O) groups excluding carboxylic acids is 3. The van der Waals surface area contributed by atoms with Crippen molar-refractivity contribution >= 4 is 17.7 Å². The first-order chi connectivity index (χ1) is 34.2. The standard InChI is InChI=1S/C31H31NO3.C31H29NO3/c2*1-24(33)29(30(34)35-23-25-14-6-2-7-15-25)22-32-31(26-16-8-3-9-17-26,27-18-10-4-11-19-27)28-20-12-5-13-21-28/h2-21,24,29,32-33H,22-23H2,1H3;2-21,29,32H,22-23H2,1H3/t24-,29+;/m1./s1. The van der Waals surface area contributed by atoms with Gasteiger partial charge in [0.2, 0.25) is 0 Å². The number of rotatable bonds is 20. The molecular formula is C62H60N2O6. The summed E-state index contributed by atoms with van der Waals surface area (Å²) in [5.41, 5.74) is 6.45. The second kappa shape index (κ2) is 25.0. The molecular weight excluding hydrogens is 869 g/mol. The first-order valence-corrected chi connectivity index (χ1v) is 23.6. The first-order valence-electron chi connectivity index (χ1n) is 23.6. The van der Waals surface area contributed by atoms with Crippen molar-refractivity contribution < 1.29 is 29.0 Å². The van der Waals surface area contributed by atoms with Crippen LogP contribution in [0, 0.1) is 11.8 Å². The molecule has 8 nitrogen and oxygen atoms in total. The van der Waals surface area contributed by atoms with Crippen LogP contribution in [0.3, 0.4) is 0 Å². The maximum atomic E-state index is 13.1. The van der Waals surface area contributed by atoms with E-state index in [0.29, 0.717) is 0 Å². The van der Waals surface area contributed by atoms with Crippen molar-refractivity contribution in [3.63, 3.8) is 0 Å². The zero-order valence-electron chi connectivity index (χ0n) is 39.6. The van der Waals surface area contributed by atoms with Gasteiger partial charge in [-0.1, -0.05) is 243 Å². The molecule has 0 heterocycles. The van der Waals surface area contributed by atoms with Crippen molar-refractivity contribution in [2.24, 2.45) is 11.8 Å². The monoisotopic (exact) mass is 928 g/mol. The van der Waals surface area contributed by atoms with Gasteiger partial charge in [-0.3, -0.25) is 25.0 Å². The molecule has 354 valence electrons. The summed E-state index contributed by atoms with van der Waals surface area (Å²) in [7, 11) is 0. The lowest BCUT2D eigenvalue weighted by molar-refractivity contribution is -0.154. The number of aliphatic hydroxyl groups excluding tert-OH is 1. The topological polar surface area (TPSA) is 114 Å². The highest BCUT2D eigenvalue weighted by Crippen LogP contribution is 2.38. The lowest BCUT2D eigenvalue weighted by Crippen LogP contribution is -2.49. The maximum absolute atomic E-state index is 13.1. The fourth-order valence-electron chi connectivity index (χ4n) is 8.77. The van der Waals surface area contributed by atoms with Crippen LogP contribution in [0.1, 0.15) is 58.4 Å². The minimum atomic E-state index is -0.936. The van der Waals surface area contributed by atoms with Crippen LogP contribution in [0.15, 0.2) is 243 Å². The van der Waals surface area contributed by atoms with Gasteiger partial charge in [0.15, 0.2) is 0 Å². The fraction of sp³-hybridized carbons (Fsp3) is 0.177. The number of hydrogen-bond donors (Lipinski definition) is 3. The Morgan fingerprint density at radius 2 is 0.671 bits per heavy atom. The SMILES string of the molecule is CC(=O)C(CNC(c1ccccc1)(c1ccccc1)c1ccccc1)C(=O)OCc1ccccc1.C[C@@H](O)[C@H](CNC(c1ccccc1)(c1ccccc1)c1ccccc1)C(=O)OCc1ccccc1. The van der Waals surface area contributed by atoms with Crippen molar-refractivity contribution in [3.8, 4) is 0 Å². The third-order valence-electron chi connectivity index (χ3n) is 12.5. The highest BCUT2D eigenvalue weighted by Gasteiger charge is 2.40. The number of Topliss-reactive ketones (excluding diaryl/α,β-unsaturated/α-hetero) is 1. The lowest BCUT2D eigenvalue weighted by atomic mass is 9.76. The molecule has 0 aliphatic carbocycles. The summed E-state index contributed by atoms with van der Waals surface area (Å²) in [4.78, 5) is 38.6. The molecule has 1 unspecified atom stereocenters. The fourth-order valence-corrected chi connectivity index (χ4v) is 8.77. The molecule has 0 radical (unpaired) electrons. The van der Waals surface area contributed by atoms with E-state index in [0.717, 1.165) is 44.5 Å². The molecule has 0 saturated carbocycles. The molecule has 8 aromatic carbocycles. The Hall–Kier alpha value is -7.75. The number of nitrogens with one attached hydrogen (secondary N) is 2. The predicted octanol–water partition coefficient (Wildman–Crippen LogP) is 10.8. The Labute approximate surface area is 412 Å². The Bertz CT molecular complexity index is 2610. The van der Waals surface area contributed by atoms with E-state index in [1.165, 1.54) is 6.92 Å². The van der Waals surface area contributed by atoms with Crippen molar-refractivity contribution in [1.82, 2.24) is 10.6 Å². The van der Waals surface area contributed by atoms with Gasteiger partial charge in [-0.25, -0.2) is 0 Å². The van der Waals surface area contributed by atoms with Gasteiger partial charge in [0, 0.05) is 13.1 Å². The van der Waals surface area contributed by atoms with Crippen molar-refractivity contribution in [2.45, 2.75) is 44.2 Å². The van der Waals surface area contributed by atoms with Crippen LogP contribution in [0.4, 0.5) is 0 Å². The Morgan fingerprint density at radius 1 is 0.414 bits per heavy atom. The van der Waals surface area contributed by atoms with Crippen LogP contribution >= 0.6 is 0 Å². The summed E-state index contributed by atoms with van der Waals surface area (Å²) in [5.74, 6) is -2.88. The number of ether oxygens (including phenoxy) is 2. The average molecular weight is 929 g/mol. The summed E-state index contributed by atoms with van der Waals surface area (Å²) in [6.45, 7) is 3.72. The quantitative estimate of drug-likeness (QED) is 0.0393. The van der Waals surface area contributed by atoms with E-state index in [9.17, 15) is 19.5 Å². The van der Waals surface area contributed by atoms with Crippen LogP contribution in [0.25, 0.3) is 0 Å². The van der Waals surface area contributed by atoms with Crippen LogP contribution in [0.5, 0.6) is 0 Å². The zero-order valence-corrected chi connectivity index (χ0v) is 39.6. The van der Waals surface area contributed by atoms with Gasteiger partial charge in [0.05, 0.1) is 23.1 Å². The summed E-state index contributed by atoms with van der Waals surface area (Å²) in [6.07, 6.45) is -0.884. The molecule has 8 rings (SSSR count). The van der Waals surface area contributed by atoms with Gasteiger partial charge in [0.25, 0.3) is 0 Å². The number of carbonyl (C=O) groups is 3. The van der Waals surface area contributed by atoms with Gasteiger partial charge in [-0.05, 0) is 58.4 Å². The van der Waals surface area contributed by atoms with E-state index in [2.05, 4.69) is 83.4 Å². The molecule has 0 aliphatic rings. The van der Waals surface area contributed by atoms with E-state index in [-0.39, 0.29) is 32.1 Å². The van der Waals surface area contributed by atoms with Gasteiger partial charge < -0.3 is 14.6 Å². The molecule has 8 aromatic rings. The van der Waals surface area contributed by atoms with E-state index in [1.807, 2.05) is 170 Å². The summed E-state index contributed by atoms with van der Waals surface area (Å²) in [5, 5.41) is 17.9. The summed E-state index contributed by atoms with van der Waals surface area (Å²) in [6, 6.07) is 79.8. The Morgan fingerprint density at radius 3 is 0.943 bits per heavy atom. The highest BCUT2D eigenvalue weighted by molar-refractivity contribution is 5.98. The zero-order chi connectivity index (χ0) is 49.0. The molecule has 8 heteroatoms. The van der Waals surface area contributed by atoms with E-state index >= 15 is 0 Å². The van der Waals surface area contributed by atoms with Crippen LogP contribution in [0.2, 0.25) is 0 Å². The van der Waals surface area contributed by atoms with Gasteiger partial charge in [-0.15, -0.1) is 0 Å². The molecule has 0 saturated heterocycles. The van der Waals surface area contributed by atoms with Gasteiger partial charge in [0.1, 0.15) is 24.9 Å². The molecule has 70 heavy (non-hydrogen) atoms. The molecule has 0 bridgehead atoms. The summed E-state index contributed by atoms with van der Waals surface area (Å²) >= 11 is 0. The Balaban J connectivity index is 0.000000206. The normalized spacial score (nSPS) is 12.6. The molecule has 3 N–H and O–H groups in total. The smallest absolute Gasteiger partial charge is 0.318 e. The van der Waals surface area contributed by atoms with E-state index < -0.39 is 41.0 Å². The number of ketones is 1. The van der Waals surface area contributed by atoms with Crippen molar-refractivity contribution in [3.05, 3.63) is 287 Å². The minimum Gasteiger partial charge on any atom is -0.460 e. The molecule has 3 atom stereocenters.